The molecule has 4 heteroatoms. The van der Waals surface area contributed by atoms with Crippen LogP contribution in [0.3, 0.4) is 0 Å². The van der Waals surface area contributed by atoms with Gasteiger partial charge in [0.25, 0.3) is 0 Å². The minimum atomic E-state index is -2.84. The third-order valence-corrected chi connectivity index (χ3v) is 1.44. The van der Waals surface area contributed by atoms with Crippen molar-refractivity contribution in [1.29, 1.82) is 0 Å². The summed E-state index contributed by atoms with van der Waals surface area (Å²) in [4.78, 5) is 0. The predicted octanol–water partition coefficient (Wildman–Crippen LogP) is 2.48. The average Bonchev–Trinajstić information content (AvgIpc) is 2.07. The van der Waals surface area contributed by atoms with Crippen LogP contribution in [0, 0.1) is 6.92 Å². The molecule has 0 saturated carbocycles. The van der Waals surface area contributed by atoms with Crippen molar-refractivity contribution in [2.45, 2.75) is 6.61 Å². The summed E-state index contributed by atoms with van der Waals surface area (Å²) in [7, 11) is 1.38. The third-order valence-electron chi connectivity index (χ3n) is 1.44. The van der Waals surface area contributed by atoms with E-state index in [9.17, 15) is 8.78 Å². The Bertz CT molecular complexity index is 287. The van der Waals surface area contributed by atoms with Crippen LogP contribution >= 0.6 is 0 Å². The smallest absolute Gasteiger partial charge is 0.387 e. The fourth-order valence-electron chi connectivity index (χ4n) is 0.905. The van der Waals surface area contributed by atoms with E-state index in [2.05, 4.69) is 11.7 Å². The SMILES string of the molecule is [CH2]c1ccc(OC(F)F)c(OC)c1. The van der Waals surface area contributed by atoms with Crippen LogP contribution in [0.25, 0.3) is 0 Å². The number of benzene rings is 1. The number of hydrogen-bond donors (Lipinski definition) is 0. The summed E-state index contributed by atoms with van der Waals surface area (Å²) < 4.78 is 32.7. The lowest BCUT2D eigenvalue weighted by molar-refractivity contribution is -0.0512. The lowest BCUT2D eigenvalue weighted by Gasteiger charge is -2.09. The third kappa shape index (κ3) is 2.57. The van der Waals surface area contributed by atoms with E-state index in [-0.39, 0.29) is 11.5 Å². The van der Waals surface area contributed by atoms with Gasteiger partial charge in [0, 0.05) is 0 Å². The summed E-state index contributed by atoms with van der Waals surface area (Å²) in [5.74, 6) is 0.276. The Morgan fingerprint density at radius 3 is 2.54 bits per heavy atom. The van der Waals surface area contributed by atoms with Crippen LogP contribution in [0.15, 0.2) is 18.2 Å². The minimum Gasteiger partial charge on any atom is -0.493 e. The number of rotatable bonds is 3. The maximum absolute atomic E-state index is 11.8. The molecule has 0 aromatic heterocycles. The summed E-state index contributed by atoms with van der Waals surface area (Å²) >= 11 is 0. The highest BCUT2D eigenvalue weighted by atomic mass is 19.3. The molecule has 0 heterocycles. The first-order valence-electron chi connectivity index (χ1n) is 3.58. The number of methoxy groups -OCH3 is 1. The van der Waals surface area contributed by atoms with E-state index in [1.807, 2.05) is 0 Å². The van der Waals surface area contributed by atoms with Crippen LogP contribution in [-0.4, -0.2) is 13.7 Å². The van der Waals surface area contributed by atoms with Crippen LogP contribution in [0.5, 0.6) is 11.5 Å². The lowest BCUT2D eigenvalue weighted by atomic mass is 10.2. The van der Waals surface area contributed by atoms with Crippen LogP contribution in [0.4, 0.5) is 8.78 Å². The van der Waals surface area contributed by atoms with Crippen molar-refractivity contribution in [3.63, 3.8) is 0 Å². The first-order valence-corrected chi connectivity index (χ1v) is 3.58. The molecular formula is C9H9F2O2. The molecular weight excluding hydrogens is 178 g/mol. The van der Waals surface area contributed by atoms with E-state index in [4.69, 9.17) is 4.74 Å². The largest absolute Gasteiger partial charge is 0.493 e. The Kier molecular flexibility index (Phi) is 3.06. The van der Waals surface area contributed by atoms with Gasteiger partial charge in [0.1, 0.15) is 0 Å². The maximum atomic E-state index is 11.8. The molecule has 13 heavy (non-hydrogen) atoms. The van der Waals surface area contributed by atoms with Gasteiger partial charge in [-0.05, 0) is 24.6 Å². The molecule has 0 aliphatic rings. The fraction of sp³-hybridized carbons (Fsp3) is 0.222. The van der Waals surface area contributed by atoms with Crippen molar-refractivity contribution in [3.05, 3.63) is 30.7 Å². The van der Waals surface area contributed by atoms with Crippen molar-refractivity contribution in [2.75, 3.05) is 7.11 Å². The topological polar surface area (TPSA) is 18.5 Å². The molecule has 0 N–H and O–H groups in total. The Morgan fingerprint density at radius 2 is 2.00 bits per heavy atom. The zero-order valence-electron chi connectivity index (χ0n) is 7.09. The van der Waals surface area contributed by atoms with Crippen molar-refractivity contribution in [1.82, 2.24) is 0 Å². The summed E-state index contributed by atoms with van der Waals surface area (Å²) in [6, 6.07) is 4.49. The van der Waals surface area contributed by atoms with Gasteiger partial charge in [0.15, 0.2) is 11.5 Å². The summed E-state index contributed by atoms with van der Waals surface area (Å²) in [5.41, 5.74) is 0.679. The molecule has 0 aliphatic heterocycles. The highest BCUT2D eigenvalue weighted by molar-refractivity contribution is 5.43. The molecule has 0 aliphatic carbocycles. The molecule has 2 nitrogen and oxygen atoms in total. The van der Waals surface area contributed by atoms with Crippen LogP contribution in [0.1, 0.15) is 5.56 Å². The molecule has 0 unspecified atom stereocenters. The van der Waals surface area contributed by atoms with Crippen molar-refractivity contribution >= 4 is 0 Å². The van der Waals surface area contributed by atoms with Gasteiger partial charge in [-0.15, -0.1) is 0 Å². The van der Waals surface area contributed by atoms with Crippen molar-refractivity contribution in [2.24, 2.45) is 0 Å². The predicted molar refractivity (Wildman–Crippen MR) is 44.1 cm³/mol. The second-order valence-corrected chi connectivity index (χ2v) is 2.36. The second-order valence-electron chi connectivity index (χ2n) is 2.36. The molecule has 0 amide bonds. The lowest BCUT2D eigenvalue weighted by Crippen LogP contribution is -2.03. The van der Waals surface area contributed by atoms with Gasteiger partial charge in [-0.1, -0.05) is 6.07 Å². The van der Waals surface area contributed by atoms with Gasteiger partial charge >= 0.3 is 6.61 Å². The summed E-state index contributed by atoms with van der Waals surface area (Å²) in [6.45, 7) is 0.783. The molecule has 71 valence electrons. The molecule has 1 radical (unpaired) electrons. The Balaban J connectivity index is 2.92. The van der Waals surface area contributed by atoms with Gasteiger partial charge in [0.05, 0.1) is 7.11 Å². The number of hydrogen-bond acceptors (Lipinski definition) is 2. The summed E-state index contributed by atoms with van der Waals surface area (Å²) in [5, 5.41) is 0. The Labute approximate surface area is 75.1 Å². The average molecular weight is 187 g/mol. The zero-order valence-corrected chi connectivity index (χ0v) is 7.09. The first-order chi connectivity index (χ1) is 6.13. The van der Waals surface area contributed by atoms with E-state index in [0.717, 1.165) is 0 Å². The van der Waals surface area contributed by atoms with E-state index in [0.29, 0.717) is 5.56 Å². The number of halogens is 2. The van der Waals surface area contributed by atoms with Crippen LogP contribution in [0.2, 0.25) is 0 Å². The van der Waals surface area contributed by atoms with Gasteiger partial charge < -0.3 is 9.47 Å². The van der Waals surface area contributed by atoms with Gasteiger partial charge in [-0.2, -0.15) is 8.78 Å². The highest BCUT2D eigenvalue weighted by Gasteiger charge is 2.09. The standard InChI is InChI=1S/C9H9F2O2/c1-6-3-4-7(13-9(10)11)8(5-6)12-2/h3-5,9H,1H2,2H3. The number of ether oxygens (including phenoxy) is 2. The zero-order chi connectivity index (χ0) is 9.84. The van der Waals surface area contributed by atoms with Crippen LogP contribution < -0.4 is 9.47 Å². The maximum Gasteiger partial charge on any atom is 0.387 e. The van der Waals surface area contributed by atoms with Gasteiger partial charge in [-0.3, -0.25) is 0 Å². The molecule has 1 aromatic carbocycles. The molecule has 1 aromatic rings. The highest BCUT2D eigenvalue weighted by Crippen LogP contribution is 2.28. The Hall–Kier alpha value is -1.32. The molecule has 0 bridgehead atoms. The monoisotopic (exact) mass is 187 g/mol. The number of alkyl halides is 2. The van der Waals surface area contributed by atoms with E-state index in [1.54, 1.807) is 6.07 Å². The molecule has 1 rings (SSSR count). The molecule has 0 spiro atoms. The minimum absolute atomic E-state index is 0.0184. The Morgan fingerprint density at radius 1 is 1.31 bits per heavy atom. The fourth-order valence-corrected chi connectivity index (χ4v) is 0.905. The summed E-state index contributed by atoms with van der Waals surface area (Å²) in [6.07, 6.45) is 0. The van der Waals surface area contributed by atoms with E-state index < -0.39 is 6.61 Å². The molecule has 0 saturated heterocycles. The van der Waals surface area contributed by atoms with Crippen LogP contribution in [-0.2, 0) is 0 Å². The first kappa shape index (κ1) is 9.77. The van der Waals surface area contributed by atoms with Crippen molar-refractivity contribution < 1.29 is 18.3 Å². The van der Waals surface area contributed by atoms with Gasteiger partial charge in [0.2, 0.25) is 0 Å². The second kappa shape index (κ2) is 4.07. The van der Waals surface area contributed by atoms with E-state index >= 15 is 0 Å². The van der Waals surface area contributed by atoms with E-state index in [1.165, 1.54) is 19.2 Å². The molecule has 0 fully saturated rings. The molecule has 0 atom stereocenters. The normalized spacial score (nSPS) is 10.2. The van der Waals surface area contributed by atoms with Gasteiger partial charge in [-0.25, -0.2) is 0 Å². The quantitative estimate of drug-likeness (QED) is 0.723. The van der Waals surface area contributed by atoms with Crippen molar-refractivity contribution in [3.8, 4) is 11.5 Å².